The van der Waals surface area contributed by atoms with Crippen LogP contribution in [0, 0.1) is 0 Å². The van der Waals surface area contributed by atoms with Gasteiger partial charge < -0.3 is 9.63 Å². The molecule has 4 nitrogen and oxygen atoms in total. The van der Waals surface area contributed by atoms with Crippen molar-refractivity contribution >= 4 is 22.4 Å². The maximum atomic E-state index is 11.4. The molecule has 1 unspecified atom stereocenters. The predicted molar refractivity (Wildman–Crippen MR) is 76.7 cm³/mol. The number of aromatic hydroxyl groups is 1. The van der Waals surface area contributed by atoms with E-state index in [9.17, 15) is 9.32 Å². The first kappa shape index (κ1) is 13.6. The zero-order valence-corrected chi connectivity index (χ0v) is 12.5. The minimum Gasteiger partial charge on any atom is -0.503 e. The third-order valence-corrected chi connectivity index (χ3v) is 4.69. The Labute approximate surface area is 124 Å². The highest BCUT2D eigenvalue weighted by Crippen LogP contribution is 2.45. The highest BCUT2D eigenvalue weighted by atomic mass is 35.5. The van der Waals surface area contributed by atoms with Gasteiger partial charge >= 0.3 is 0 Å². The van der Waals surface area contributed by atoms with E-state index in [4.69, 9.17) is 16.1 Å². The lowest BCUT2D eigenvalue weighted by atomic mass is 10.1. The lowest BCUT2D eigenvalue weighted by molar-refractivity contribution is 0.368. The number of hydrogen-bond donors (Lipinski definition) is 1. The Morgan fingerprint density at radius 1 is 1.50 bits per heavy atom. The van der Waals surface area contributed by atoms with Crippen LogP contribution in [-0.2, 0) is 17.2 Å². The Morgan fingerprint density at radius 2 is 2.25 bits per heavy atom. The standard InChI is InChI=1S/C14H14ClNO3S/c1-20(18)10-5-4-9(11(15)7-10)6-12-13(17)14(19-16-12)8-2-3-8/h4-5,7-8,17H,2-3,6H2,1H3. The molecule has 1 N–H and O–H groups in total. The second kappa shape index (κ2) is 5.22. The van der Waals surface area contributed by atoms with Gasteiger partial charge in [0.05, 0.1) is 0 Å². The monoisotopic (exact) mass is 311 g/mol. The van der Waals surface area contributed by atoms with Gasteiger partial charge in [0.1, 0.15) is 5.69 Å². The van der Waals surface area contributed by atoms with Crippen LogP contribution in [0.2, 0.25) is 5.02 Å². The normalized spacial score (nSPS) is 16.3. The lowest BCUT2D eigenvalue weighted by Crippen LogP contribution is -1.93. The van der Waals surface area contributed by atoms with Crippen molar-refractivity contribution in [2.75, 3.05) is 6.26 Å². The van der Waals surface area contributed by atoms with Crippen molar-refractivity contribution in [3.8, 4) is 5.75 Å². The second-order valence-corrected chi connectivity index (χ2v) is 6.79. The highest BCUT2D eigenvalue weighted by molar-refractivity contribution is 7.84. The van der Waals surface area contributed by atoms with Gasteiger partial charge in [0.2, 0.25) is 0 Å². The summed E-state index contributed by atoms with van der Waals surface area (Å²) in [5.74, 6) is 1.05. The summed E-state index contributed by atoms with van der Waals surface area (Å²) in [4.78, 5) is 0.682. The number of rotatable bonds is 4. The Morgan fingerprint density at radius 3 is 2.85 bits per heavy atom. The third kappa shape index (κ3) is 2.60. The topological polar surface area (TPSA) is 63.3 Å². The van der Waals surface area contributed by atoms with E-state index < -0.39 is 10.8 Å². The molecule has 0 bridgehead atoms. The summed E-state index contributed by atoms with van der Waals surface area (Å²) in [6.07, 6.45) is 4.09. The summed E-state index contributed by atoms with van der Waals surface area (Å²) in [6, 6.07) is 5.27. The van der Waals surface area contributed by atoms with Gasteiger partial charge in [-0.05, 0) is 30.5 Å². The first-order valence-corrected chi connectivity index (χ1v) is 8.29. The molecule has 20 heavy (non-hydrogen) atoms. The maximum absolute atomic E-state index is 11.4. The molecule has 1 saturated carbocycles. The smallest absolute Gasteiger partial charge is 0.182 e. The molecule has 6 heteroatoms. The molecule has 0 aliphatic heterocycles. The van der Waals surface area contributed by atoms with Gasteiger partial charge in [0.25, 0.3) is 0 Å². The summed E-state index contributed by atoms with van der Waals surface area (Å²) < 4.78 is 16.6. The zero-order valence-electron chi connectivity index (χ0n) is 10.9. The van der Waals surface area contributed by atoms with Crippen LogP contribution in [0.5, 0.6) is 5.75 Å². The van der Waals surface area contributed by atoms with Crippen molar-refractivity contribution in [2.24, 2.45) is 0 Å². The number of halogens is 1. The molecular weight excluding hydrogens is 298 g/mol. The largest absolute Gasteiger partial charge is 0.503 e. The van der Waals surface area contributed by atoms with Crippen molar-refractivity contribution in [1.29, 1.82) is 0 Å². The zero-order chi connectivity index (χ0) is 14.3. The van der Waals surface area contributed by atoms with E-state index in [1.165, 1.54) is 0 Å². The molecule has 1 aromatic carbocycles. The SMILES string of the molecule is CS(=O)c1ccc(Cc2noc(C3CC3)c2O)c(Cl)c1. The number of aromatic nitrogens is 1. The lowest BCUT2D eigenvalue weighted by Gasteiger charge is -2.04. The molecule has 2 aromatic rings. The summed E-state index contributed by atoms with van der Waals surface area (Å²) in [5, 5.41) is 14.5. The van der Waals surface area contributed by atoms with Crippen molar-refractivity contribution in [3.63, 3.8) is 0 Å². The molecule has 1 aliphatic carbocycles. The molecule has 1 atom stereocenters. The van der Waals surface area contributed by atoms with Gasteiger partial charge in [-0.3, -0.25) is 4.21 Å². The summed E-state index contributed by atoms with van der Waals surface area (Å²) in [7, 11) is -1.06. The van der Waals surface area contributed by atoms with E-state index in [1.807, 2.05) is 6.07 Å². The maximum Gasteiger partial charge on any atom is 0.182 e. The van der Waals surface area contributed by atoms with E-state index >= 15 is 0 Å². The average Bonchev–Trinajstić information content (AvgIpc) is 3.18. The Kier molecular flexibility index (Phi) is 3.56. The van der Waals surface area contributed by atoms with Crippen molar-refractivity contribution < 1.29 is 13.8 Å². The average molecular weight is 312 g/mol. The fraction of sp³-hybridized carbons (Fsp3) is 0.357. The first-order valence-electron chi connectivity index (χ1n) is 6.35. The van der Waals surface area contributed by atoms with Gasteiger partial charge in [-0.15, -0.1) is 0 Å². The molecule has 1 heterocycles. The number of benzene rings is 1. The van der Waals surface area contributed by atoms with E-state index in [0.29, 0.717) is 33.7 Å². The predicted octanol–water partition coefficient (Wildman–Crippen LogP) is 3.24. The van der Waals surface area contributed by atoms with Crippen LogP contribution in [0.3, 0.4) is 0 Å². The van der Waals surface area contributed by atoms with Crippen LogP contribution in [-0.4, -0.2) is 20.7 Å². The van der Waals surface area contributed by atoms with Gasteiger partial charge in [0, 0.05) is 39.3 Å². The van der Waals surface area contributed by atoms with Gasteiger partial charge in [-0.2, -0.15) is 0 Å². The fourth-order valence-corrected chi connectivity index (χ4v) is 2.95. The van der Waals surface area contributed by atoms with E-state index in [1.54, 1.807) is 18.4 Å². The number of nitrogens with zero attached hydrogens (tertiary/aromatic N) is 1. The van der Waals surface area contributed by atoms with Gasteiger partial charge in [-0.25, -0.2) is 0 Å². The van der Waals surface area contributed by atoms with Gasteiger partial charge in [-0.1, -0.05) is 22.8 Å². The van der Waals surface area contributed by atoms with E-state index in [-0.39, 0.29) is 5.75 Å². The minimum absolute atomic E-state index is 0.145. The van der Waals surface area contributed by atoms with Crippen LogP contribution in [0.15, 0.2) is 27.6 Å². The van der Waals surface area contributed by atoms with E-state index in [0.717, 1.165) is 18.4 Å². The van der Waals surface area contributed by atoms with Crippen molar-refractivity contribution in [3.05, 3.63) is 40.2 Å². The molecule has 3 rings (SSSR count). The van der Waals surface area contributed by atoms with Crippen molar-refractivity contribution in [1.82, 2.24) is 5.16 Å². The molecule has 0 amide bonds. The molecule has 106 valence electrons. The molecular formula is C14H14ClNO3S. The molecule has 1 aliphatic rings. The molecule has 0 spiro atoms. The summed E-state index contributed by atoms with van der Waals surface area (Å²) in [5.41, 5.74) is 1.32. The first-order chi connectivity index (χ1) is 9.56. The van der Waals surface area contributed by atoms with Crippen LogP contribution in [0.1, 0.15) is 35.8 Å². The Bertz CT molecular complexity index is 679. The quantitative estimate of drug-likeness (QED) is 0.941. The van der Waals surface area contributed by atoms with Crippen LogP contribution < -0.4 is 0 Å². The highest BCUT2D eigenvalue weighted by Gasteiger charge is 2.32. The number of hydrogen-bond acceptors (Lipinski definition) is 4. The third-order valence-electron chi connectivity index (χ3n) is 3.42. The van der Waals surface area contributed by atoms with Crippen LogP contribution >= 0.6 is 11.6 Å². The molecule has 1 aromatic heterocycles. The fourth-order valence-electron chi connectivity index (χ4n) is 2.09. The Hall–Kier alpha value is -1.33. The van der Waals surface area contributed by atoms with Crippen LogP contribution in [0.4, 0.5) is 0 Å². The van der Waals surface area contributed by atoms with E-state index in [2.05, 4.69) is 5.16 Å². The summed E-state index contributed by atoms with van der Waals surface area (Å²) in [6.45, 7) is 0. The summed E-state index contributed by atoms with van der Waals surface area (Å²) >= 11 is 6.18. The molecule has 0 saturated heterocycles. The Balaban J connectivity index is 1.85. The van der Waals surface area contributed by atoms with Gasteiger partial charge in [0.15, 0.2) is 11.5 Å². The molecule has 0 radical (unpaired) electrons. The molecule has 1 fully saturated rings. The van der Waals surface area contributed by atoms with Crippen LogP contribution in [0.25, 0.3) is 0 Å². The minimum atomic E-state index is -1.06. The van der Waals surface area contributed by atoms with Crippen molar-refractivity contribution in [2.45, 2.75) is 30.1 Å². The second-order valence-electron chi connectivity index (χ2n) is 5.00.